The average molecular weight is 448 g/mol. The zero-order chi connectivity index (χ0) is 16.3. The Kier molecular flexibility index (Phi) is 10.7. The molecular formula is C17H29IN4O2. The molecule has 1 aliphatic rings. The maximum atomic E-state index is 5.71. The molecule has 0 radical (unpaired) electrons. The predicted octanol–water partition coefficient (Wildman–Crippen LogP) is 2.58. The summed E-state index contributed by atoms with van der Waals surface area (Å²) in [5, 5.41) is 6.54. The summed E-state index contributed by atoms with van der Waals surface area (Å²) in [5.41, 5.74) is 1.10. The van der Waals surface area contributed by atoms with Gasteiger partial charge in [0, 0.05) is 39.1 Å². The van der Waals surface area contributed by atoms with Gasteiger partial charge in [0.25, 0.3) is 0 Å². The number of nitrogens with one attached hydrogen (secondary N) is 2. The topological polar surface area (TPSA) is 67.8 Å². The zero-order valence-corrected chi connectivity index (χ0v) is 16.9. The second-order valence-corrected chi connectivity index (χ2v) is 5.73. The van der Waals surface area contributed by atoms with Crippen LogP contribution in [0.3, 0.4) is 0 Å². The van der Waals surface area contributed by atoms with E-state index in [1.54, 1.807) is 13.3 Å². The number of hydrogen-bond donors (Lipinski definition) is 2. The fourth-order valence-electron chi connectivity index (χ4n) is 2.05. The third-order valence-electron chi connectivity index (χ3n) is 3.54. The first-order valence-corrected chi connectivity index (χ1v) is 8.40. The molecule has 2 N–H and O–H groups in total. The standard InChI is InChI=1S/C17H28N4O2.HI/c1-3-18-17(20-8-4-10-22-2)21-12-15-7-9-19-16(11-15)23-13-14-5-6-14;/h7,9,11,14H,3-6,8,10,12-13H2,1-2H3,(H2,18,20,21);1H. The van der Waals surface area contributed by atoms with Gasteiger partial charge in [-0.3, -0.25) is 0 Å². The van der Waals surface area contributed by atoms with Crippen LogP contribution >= 0.6 is 24.0 Å². The van der Waals surface area contributed by atoms with E-state index in [1.807, 2.05) is 12.1 Å². The van der Waals surface area contributed by atoms with Crippen LogP contribution in [0, 0.1) is 5.92 Å². The van der Waals surface area contributed by atoms with Crippen LogP contribution < -0.4 is 15.4 Å². The molecule has 0 aliphatic heterocycles. The van der Waals surface area contributed by atoms with Crippen molar-refractivity contribution in [2.24, 2.45) is 10.9 Å². The highest BCUT2D eigenvalue weighted by molar-refractivity contribution is 14.0. The van der Waals surface area contributed by atoms with Crippen LogP contribution in [0.25, 0.3) is 0 Å². The van der Waals surface area contributed by atoms with Crippen LogP contribution in [-0.4, -0.2) is 44.4 Å². The van der Waals surface area contributed by atoms with E-state index in [4.69, 9.17) is 9.47 Å². The van der Waals surface area contributed by atoms with Gasteiger partial charge in [-0.15, -0.1) is 24.0 Å². The van der Waals surface area contributed by atoms with Gasteiger partial charge < -0.3 is 20.1 Å². The van der Waals surface area contributed by atoms with E-state index >= 15 is 0 Å². The van der Waals surface area contributed by atoms with Gasteiger partial charge in [0.2, 0.25) is 5.88 Å². The number of aliphatic imine (C=N–C) groups is 1. The van der Waals surface area contributed by atoms with E-state index in [9.17, 15) is 0 Å². The van der Waals surface area contributed by atoms with Crippen molar-refractivity contribution in [2.45, 2.75) is 32.7 Å². The number of rotatable bonds is 10. The number of nitrogens with zero attached hydrogens (tertiary/aromatic N) is 2. The van der Waals surface area contributed by atoms with Crippen molar-refractivity contribution in [3.8, 4) is 5.88 Å². The van der Waals surface area contributed by atoms with E-state index in [1.165, 1.54) is 12.8 Å². The van der Waals surface area contributed by atoms with Gasteiger partial charge in [-0.05, 0) is 43.7 Å². The van der Waals surface area contributed by atoms with Gasteiger partial charge in [0.15, 0.2) is 5.96 Å². The summed E-state index contributed by atoms with van der Waals surface area (Å²) < 4.78 is 10.8. The first-order chi connectivity index (χ1) is 11.3. The Balaban J connectivity index is 0.00000288. The van der Waals surface area contributed by atoms with Crippen molar-refractivity contribution < 1.29 is 9.47 Å². The van der Waals surface area contributed by atoms with Gasteiger partial charge in [-0.1, -0.05) is 0 Å². The van der Waals surface area contributed by atoms with E-state index in [0.717, 1.165) is 50.2 Å². The largest absolute Gasteiger partial charge is 0.477 e. The minimum Gasteiger partial charge on any atom is -0.477 e. The maximum absolute atomic E-state index is 5.71. The summed E-state index contributed by atoms with van der Waals surface area (Å²) in [6.45, 7) is 5.86. The number of ether oxygens (including phenoxy) is 2. The fraction of sp³-hybridized carbons (Fsp3) is 0.647. The Labute approximate surface area is 161 Å². The van der Waals surface area contributed by atoms with Crippen LogP contribution in [-0.2, 0) is 11.3 Å². The highest BCUT2D eigenvalue weighted by Gasteiger charge is 2.22. The van der Waals surface area contributed by atoms with Crippen molar-refractivity contribution in [3.05, 3.63) is 23.9 Å². The third kappa shape index (κ3) is 8.68. The molecule has 0 aromatic carbocycles. The van der Waals surface area contributed by atoms with Crippen LogP contribution in [0.15, 0.2) is 23.3 Å². The van der Waals surface area contributed by atoms with Gasteiger partial charge >= 0.3 is 0 Å². The first-order valence-electron chi connectivity index (χ1n) is 8.40. The molecule has 1 aromatic rings. The SMILES string of the molecule is CCNC(=NCc1ccnc(OCC2CC2)c1)NCCCOC.I. The minimum absolute atomic E-state index is 0. The number of hydrogen-bond acceptors (Lipinski definition) is 4. The monoisotopic (exact) mass is 448 g/mol. The van der Waals surface area contributed by atoms with Gasteiger partial charge in [-0.25, -0.2) is 9.98 Å². The predicted molar refractivity (Wildman–Crippen MR) is 107 cm³/mol. The van der Waals surface area contributed by atoms with E-state index in [0.29, 0.717) is 12.4 Å². The quantitative estimate of drug-likeness (QED) is 0.249. The lowest BCUT2D eigenvalue weighted by Crippen LogP contribution is -2.38. The van der Waals surface area contributed by atoms with Crippen LogP contribution in [0.2, 0.25) is 0 Å². The molecule has 7 heteroatoms. The van der Waals surface area contributed by atoms with Crippen molar-refractivity contribution in [2.75, 3.05) is 33.4 Å². The Bertz CT molecular complexity index is 495. The van der Waals surface area contributed by atoms with Gasteiger partial charge in [0.05, 0.1) is 13.2 Å². The normalized spacial score (nSPS) is 14.0. The molecule has 6 nitrogen and oxygen atoms in total. The minimum atomic E-state index is 0. The zero-order valence-electron chi connectivity index (χ0n) is 14.6. The molecule has 0 spiro atoms. The lowest BCUT2D eigenvalue weighted by molar-refractivity contribution is 0.195. The number of pyridine rings is 1. The fourth-order valence-corrected chi connectivity index (χ4v) is 2.05. The Morgan fingerprint density at radius 1 is 1.38 bits per heavy atom. The number of guanidine groups is 1. The Morgan fingerprint density at radius 3 is 2.92 bits per heavy atom. The Morgan fingerprint density at radius 2 is 2.21 bits per heavy atom. The molecule has 136 valence electrons. The first kappa shape index (κ1) is 21.0. The molecule has 0 saturated heterocycles. The smallest absolute Gasteiger partial charge is 0.213 e. The Hall–Kier alpha value is -1.09. The molecule has 1 fully saturated rings. The van der Waals surface area contributed by atoms with Crippen molar-refractivity contribution >= 4 is 29.9 Å². The lowest BCUT2D eigenvalue weighted by Gasteiger charge is -2.11. The molecule has 0 unspecified atom stereocenters. The summed E-state index contributed by atoms with van der Waals surface area (Å²) in [5.74, 6) is 2.25. The number of methoxy groups -OCH3 is 1. The summed E-state index contributed by atoms with van der Waals surface area (Å²) >= 11 is 0. The van der Waals surface area contributed by atoms with E-state index in [2.05, 4.69) is 27.5 Å². The molecule has 1 aliphatic carbocycles. The highest BCUT2D eigenvalue weighted by atomic mass is 127. The molecule has 1 heterocycles. The van der Waals surface area contributed by atoms with E-state index in [-0.39, 0.29) is 24.0 Å². The molecule has 0 bridgehead atoms. The molecule has 0 atom stereocenters. The summed E-state index contributed by atoms with van der Waals surface area (Å²) in [6, 6.07) is 3.95. The molecular weight excluding hydrogens is 419 g/mol. The van der Waals surface area contributed by atoms with Gasteiger partial charge in [0.1, 0.15) is 0 Å². The summed E-state index contributed by atoms with van der Waals surface area (Å²) in [6.07, 6.45) is 5.30. The second kappa shape index (κ2) is 12.3. The second-order valence-electron chi connectivity index (χ2n) is 5.73. The molecule has 1 saturated carbocycles. The van der Waals surface area contributed by atoms with Crippen molar-refractivity contribution in [1.82, 2.24) is 15.6 Å². The molecule has 2 rings (SSSR count). The van der Waals surface area contributed by atoms with Crippen molar-refractivity contribution in [3.63, 3.8) is 0 Å². The molecule has 0 amide bonds. The third-order valence-corrected chi connectivity index (χ3v) is 3.54. The maximum Gasteiger partial charge on any atom is 0.213 e. The van der Waals surface area contributed by atoms with E-state index < -0.39 is 0 Å². The van der Waals surface area contributed by atoms with Crippen LogP contribution in [0.4, 0.5) is 0 Å². The molecule has 24 heavy (non-hydrogen) atoms. The summed E-state index contributed by atoms with van der Waals surface area (Å²) in [4.78, 5) is 8.86. The van der Waals surface area contributed by atoms with Crippen LogP contribution in [0.5, 0.6) is 5.88 Å². The number of halogens is 1. The highest BCUT2D eigenvalue weighted by Crippen LogP contribution is 2.29. The summed E-state index contributed by atoms with van der Waals surface area (Å²) in [7, 11) is 1.71. The lowest BCUT2D eigenvalue weighted by atomic mass is 10.3. The average Bonchev–Trinajstić information content (AvgIpc) is 3.39. The molecule has 1 aromatic heterocycles. The van der Waals surface area contributed by atoms with Gasteiger partial charge in [-0.2, -0.15) is 0 Å². The number of aromatic nitrogens is 1. The van der Waals surface area contributed by atoms with Crippen molar-refractivity contribution in [1.29, 1.82) is 0 Å². The van der Waals surface area contributed by atoms with Crippen LogP contribution in [0.1, 0.15) is 31.7 Å².